The molecule has 2 aromatic heterocycles. The lowest BCUT2D eigenvalue weighted by Crippen LogP contribution is -2.28. The summed E-state index contributed by atoms with van der Waals surface area (Å²) < 4.78 is 21.5. The molecule has 0 saturated heterocycles. The van der Waals surface area contributed by atoms with Gasteiger partial charge >= 0.3 is 0 Å². The van der Waals surface area contributed by atoms with Gasteiger partial charge in [-0.2, -0.15) is 0 Å². The molecule has 9 nitrogen and oxygen atoms in total. The zero-order valence-electron chi connectivity index (χ0n) is 18.6. The maximum atomic E-state index is 12.9. The molecule has 9 heteroatoms. The number of aryl methyl sites for hydroxylation is 2. The minimum absolute atomic E-state index is 0.0924. The van der Waals surface area contributed by atoms with Gasteiger partial charge in [0.05, 0.1) is 51.2 Å². The third-order valence-corrected chi connectivity index (χ3v) is 4.77. The number of amides is 1. The van der Waals surface area contributed by atoms with E-state index in [0.29, 0.717) is 46.6 Å². The fourth-order valence-electron chi connectivity index (χ4n) is 3.19. The molecule has 0 fully saturated rings. The summed E-state index contributed by atoms with van der Waals surface area (Å²) in [5.41, 5.74) is 2.90. The maximum Gasteiger partial charge on any atom is 0.227 e. The number of nitrogens with zero attached hydrogens (tertiary/aromatic N) is 4. The SMILES string of the molecule is COc1cc(CC(=O)N(C)Cc2nc(C)ncc2-c2cc(C)no2)cc(OC)c1OC. The molecule has 0 atom stereocenters. The fraction of sp³-hybridized carbons (Fsp3) is 0.364. The van der Waals surface area contributed by atoms with Crippen molar-refractivity contribution < 1.29 is 23.5 Å². The van der Waals surface area contributed by atoms with Crippen LogP contribution in [-0.2, 0) is 17.8 Å². The van der Waals surface area contributed by atoms with E-state index in [1.54, 1.807) is 51.4 Å². The lowest BCUT2D eigenvalue weighted by Gasteiger charge is -2.19. The van der Waals surface area contributed by atoms with Crippen molar-refractivity contribution >= 4 is 5.91 Å². The van der Waals surface area contributed by atoms with E-state index in [-0.39, 0.29) is 12.3 Å². The second-order valence-electron chi connectivity index (χ2n) is 7.07. The Morgan fingerprint density at radius 2 is 1.74 bits per heavy atom. The molecular weight excluding hydrogens is 400 g/mol. The highest BCUT2D eigenvalue weighted by atomic mass is 16.5. The Morgan fingerprint density at radius 3 is 2.29 bits per heavy atom. The largest absolute Gasteiger partial charge is 0.493 e. The number of carbonyl (C=O) groups excluding carboxylic acids is 1. The van der Waals surface area contributed by atoms with Crippen LogP contribution in [0.4, 0.5) is 0 Å². The van der Waals surface area contributed by atoms with Gasteiger partial charge in [-0.1, -0.05) is 5.16 Å². The van der Waals surface area contributed by atoms with Crippen molar-refractivity contribution in [3.05, 3.63) is 47.2 Å². The Bertz CT molecular complexity index is 1050. The fourth-order valence-corrected chi connectivity index (χ4v) is 3.19. The van der Waals surface area contributed by atoms with Crippen LogP contribution in [0.1, 0.15) is 22.8 Å². The highest BCUT2D eigenvalue weighted by Crippen LogP contribution is 2.38. The summed E-state index contributed by atoms with van der Waals surface area (Å²) >= 11 is 0. The third kappa shape index (κ3) is 4.93. The summed E-state index contributed by atoms with van der Waals surface area (Å²) in [6.07, 6.45) is 1.85. The number of carbonyl (C=O) groups is 1. The molecule has 0 saturated carbocycles. The minimum atomic E-state index is -0.0924. The number of hydrogen-bond donors (Lipinski definition) is 0. The summed E-state index contributed by atoms with van der Waals surface area (Å²) in [5.74, 6) is 2.57. The number of hydrogen-bond acceptors (Lipinski definition) is 8. The zero-order valence-corrected chi connectivity index (χ0v) is 18.6. The minimum Gasteiger partial charge on any atom is -0.493 e. The molecule has 164 valence electrons. The van der Waals surface area contributed by atoms with Gasteiger partial charge in [0, 0.05) is 19.3 Å². The van der Waals surface area contributed by atoms with Gasteiger partial charge in [-0.25, -0.2) is 9.97 Å². The van der Waals surface area contributed by atoms with E-state index >= 15 is 0 Å². The van der Waals surface area contributed by atoms with Gasteiger partial charge in [0.1, 0.15) is 5.82 Å². The van der Waals surface area contributed by atoms with Crippen LogP contribution in [0.2, 0.25) is 0 Å². The van der Waals surface area contributed by atoms with Crippen LogP contribution in [-0.4, -0.2) is 54.3 Å². The Morgan fingerprint density at radius 1 is 1.06 bits per heavy atom. The standard InChI is InChI=1S/C22H26N4O5/c1-13-7-18(31-25-13)16-11-23-14(2)24-17(16)12-26(3)21(27)10-15-8-19(28-4)22(30-6)20(9-15)29-5/h7-9,11H,10,12H2,1-6H3. The first-order valence-corrected chi connectivity index (χ1v) is 9.65. The summed E-state index contributed by atoms with van der Waals surface area (Å²) in [6.45, 7) is 3.94. The van der Waals surface area contributed by atoms with Crippen LogP contribution in [0.3, 0.4) is 0 Å². The van der Waals surface area contributed by atoms with E-state index in [1.165, 1.54) is 7.11 Å². The molecule has 0 spiro atoms. The molecule has 1 amide bonds. The maximum absolute atomic E-state index is 12.9. The Kier molecular flexibility index (Phi) is 6.74. The monoisotopic (exact) mass is 426 g/mol. The van der Waals surface area contributed by atoms with Gasteiger partial charge in [0.2, 0.25) is 11.7 Å². The van der Waals surface area contributed by atoms with Crippen molar-refractivity contribution in [2.24, 2.45) is 0 Å². The quantitative estimate of drug-likeness (QED) is 0.542. The average molecular weight is 426 g/mol. The zero-order chi connectivity index (χ0) is 22.5. The lowest BCUT2D eigenvalue weighted by atomic mass is 10.1. The van der Waals surface area contributed by atoms with Crippen molar-refractivity contribution in [1.82, 2.24) is 20.0 Å². The van der Waals surface area contributed by atoms with Crippen LogP contribution in [0.15, 0.2) is 28.9 Å². The van der Waals surface area contributed by atoms with Gasteiger partial charge in [0.15, 0.2) is 17.3 Å². The Labute approximate surface area is 180 Å². The number of benzene rings is 1. The average Bonchev–Trinajstić information content (AvgIpc) is 3.18. The van der Waals surface area contributed by atoms with E-state index < -0.39 is 0 Å². The molecule has 2 heterocycles. The van der Waals surface area contributed by atoms with Gasteiger partial charge in [-0.15, -0.1) is 0 Å². The smallest absolute Gasteiger partial charge is 0.227 e. The van der Waals surface area contributed by atoms with E-state index in [2.05, 4.69) is 15.1 Å². The Balaban J connectivity index is 1.81. The molecule has 0 aliphatic carbocycles. The molecule has 3 rings (SSSR count). The van der Waals surface area contributed by atoms with Crippen LogP contribution >= 0.6 is 0 Å². The number of likely N-dealkylation sites (N-methyl/N-ethyl adjacent to an activating group) is 1. The predicted octanol–water partition coefficient (Wildman–Crippen LogP) is 2.98. The Hall–Kier alpha value is -3.62. The molecule has 0 bridgehead atoms. The highest BCUT2D eigenvalue weighted by molar-refractivity contribution is 5.79. The van der Waals surface area contributed by atoms with Crippen LogP contribution in [0, 0.1) is 13.8 Å². The van der Waals surface area contributed by atoms with Crippen LogP contribution in [0.25, 0.3) is 11.3 Å². The first kappa shape index (κ1) is 22.1. The molecule has 0 N–H and O–H groups in total. The van der Waals surface area contributed by atoms with E-state index in [1.807, 2.05) is 13.0 Å². The van der Waals surface area contributed by atoms with Crippen molar-refractivity contribution in [3.8, 4) is 28.6 Å². The van der Waals surface area contributed by atoms with Gasteiger partial charge in [0.25, 0.3) is 0 Å². The van der Waals surface area contributed by atoms with Crippen molar-refractivity contribution in [2.45, 2.75) is 26.8 Å². The first-order valence-electron chi connectivity index (χ1n) is 9.65. The number of aromatic nitrogens is 3. The van der Waals surface area contributed by atoms with Crippen molar-refractivity contribution in [1.29, 1.82) is 0 Å². The molecule has 0 radical (unpaired) electrons. The molecule has 0 aliphatic heterocycles. The topological polar surface area (TPSA) is 99.8 Å². The van der Waals surface area contributed by atoms with Crippen LogP contribution < -0.4 is 14.2 Å². The third-order valence-electron chi connectivity index (χ3n) is 4.77. The number of ether oxygens (including phenoxy) is 3. The highest BCUT2D eigenvalue weighted by Gasteiger charge is 2.19. The van der Waals surface area contributed by atoms with E-state index in [4.69, 9.17) is 18.7 Å². The molecule has 3 aromatic rings. The van der Waals surface area contributed by atoms with Gasteiger partial charge < -0.3 is 23.6 Å². The molecule has 0 aliphatic rings. The molecular formula is C22H26N4O5. The van der Waals surface area contributed by atoms with Crippen molar-refractivity contribution in [3.63, 3.8) is 0 Å². The first-order chi connectivity index (χ1) is 14.9. The second-order valence-corrected chi connectivity index (χ2v) is 7.07. The summed E-state index contributed by atoms with van der Waals surface area (Å²) in [5, 5.41) is 3.93. The van der Waals surface area contributed by atoms with Gasteiger partial charge in [-0.05, 0) is 31.5 Å². The number of methoxy groups -OCH3 is 3. The molecule has 1 aromatic carbocycles. The van der Waals surface area contributed by atoms with E-state index in [9.17, 15) is 4.79 Å². The normalized spacial score (nSPS) is 10.6. The van der Waals surface area contributed by atoms with Crippen LogP contribution in [0.5, 0.6) is 17.2 Å². The predicted molar refractivity (Wildman–Crippen MR) is 113 cm³/mol. The summed E-state index contributed by atoms with van der Waals surface area (Å²) in [7, 11) is 6.35. The number of rotatable bonds is 8. The van der Waals surface area contributed by atoms with E-state index in [0.717, 1.165) is 11.3 Å². The summed E-state index contributed by atoms with van der Waals surface area (Å²) in [6, 6.07) is 5.35. The van der Waals surface area contributed by atoms with Crippen molar-refractivity contribution in [2.75, 3.05) is 28.4 Å². The summed E-state index contributed by atoms with van der Waals surface area (Å²) in [4.78, 5) is 23.3. The second kappa shape index (κ2) is 9.46. The molecule has 31 heavy (non-hydrogen) atoms. The van der Waals surface area contributed by atoms with Gasteiger partial charge in [-0.3, -0.25) is 4.79 Å². The molecule has 0 unspecified atom stereocenters. The lowest BCUT2D eigenvalue weighted by molar-refractivity contribution is -0.129.